The maximum atomic E-state index is 14.5. The number of benzene rings is 2. The topological polar surface area (TPSA) is 94.4 Å². The molecule has 0 aliphatic heterocycles. The molecule has 2 heterocycles. The molecule has 0 bridgehead atoms. The summed E-state index contributed by atoms with van der Waals surface area (Å²) in [6.45, 7) is 16.2. The number of nitriles is 1. The summed E-state index contributed by atoms with van der Waals surface area (Å²) >= 11 is 0. The molecule has 8 nitrogen and oxygen atoms in total. The zero-order valence-electron chi connectivity index (χ0n) is 29.8. The van der Waals surface area contributed by atoms with E-state index in [2.05, 4.69) is 59.0 Å². The fourth-order valence-electron chi connectivity index (χ4n) is 6.92. The predicted molar refractivity (Wildman–Crippen MR) is 193 cm³/mol. The van der Waals surface area contributed by atoms with Crippen molar-refractivity contribution < 1.29 is 9.16 Å². The van der Waals surface area contributed by atoms with Gasteiger partial charge in [0.2, 0.25) is 5.78 Å². The van der Waals surface area contributed by atoms with E-state index in [0.29, 0.717) is 30.2 Å². The largest absolute Gasteiger partial charge is 0.409 e. The molecule has 9 heteroatoms. The second-order valence-electron chi connectivity index (χ2n) is 15.5. The van der Waals surface area contributed by atoms with Crippen LogP contribution in [0.5, 0.6) is 0 Å². The third-order valence-electron chi connectivity index (χ3n) is 10.8. The Kier molecular flexibility index (Phi) is 9.56. The SMILES string of the molecule is CCCc1c(Cc2ccc(-c3ccccc3C#N)cc2)c(=O)n(C2CCC(OCC3(O[Si](C)(C)C(C)(C)C)CC3)CC2)c2nc(C)nn12. The highest BCUT2D eigenvalue weighted by Crippen LogP contribution is 2.48. The Morgan fingerprint density at radius 3 is 2.35 bits per heavy atom. The van der Waals surface area contributed by atoms with Gasteiger partial charge in [-0.2, -0.15) is 15.3 Å². The molecule has 0 amide bonds. The number of nitrogens with zero attached hydrogens (tertiary/aromatic N) is 5. The van der Waals surface area contributed by atoms with E-state index in [-0.39, 0.29) is 28.3 Å². The number of aromatic nitrogens is 4. The normalized spacial score (nSPS) is 19.4. The Balaban J connectivity index is 1.22. The molecule has 2 aliphatic carbocycles. The summed E-state index contributed by atoms with van der Waals surface area (Å²) in [6.07, 6.45) is 8.04. The standard InChI is InChI=1S/C39H51N5O3Si/c1-8-11-35-34(24-28-14-16-29(17-15-28)33-13-10-9-12-30(33)25-40)36(45)43(37-41-27(2)42-44(35)37)31-18-20-32(21-19-31)46-26-39(22-23-39)47-48(6,7)38(3,4)5/h9-10,12-17,31-32H,8,11,18-24,26H2,1-7H3. The Morgan fingerprint density at radius 2 is 1.73 bits per heavy atom. The van der Waals surface area contributed by atoms with Gasteiger partial charge in [0.25, 0.3) is 5.56 Å². The monoisotopic (exact) mass is 665 g/mol. The third kappa shape index (κ3) is 6.94. The average molecular weight is 666 g/mol. The van der Waals surface area contributed by atoms with Gasteiger partial charge in [0, 0.05) is 18.0 Å². The Morgan fingerprint density at radius 1 is 1.04 bits per heavy atom. The van der Waals surface area contributed by atoms with Crippen LogP contribution < -0.4 is 5.56 Å². The van der Waals surface area contributed by atoms with Crippen LogP contribution in [0.3, 0.4) is 0 Å². The number of fused-ring (bicyclic) bond motifs is 1. The fourth-order valence-corrected chi connectivity index (χ4v) is 8.57. The highest BCUT2D eigenvalue weighted by Gasteiger charge is 2.52. The Hall–Kier alpha value is -3.58. The predicted octanol–water partition coefficient (Wildman–Crippen LogP) is 8.34. The molecule has 0 N–H and O–H groups in total. The van der Waals surface area contributed by atoms with Crippen molar-refractivity contribution in [1.29, 1.82) is 5.26 Å². The molecule has 254 valence electrons. The first-order valence-corrected chi connectivity index (χ1v) is 20.7. The van der Waals surface area contributed by atoms with Crippen molar-refractivity contribution >= 4 is 14.1 Å². The van der Waals surface area contributed by atoms with Crippen LogP contribution in [0, 0.1) is 18.3 Å². The van der Waals surface area contributed by atoms with E-state index in [9.17, 15) is 10.1 Å². The van der Waals surface area contributed by atoms with Gasteiger partial charge in [0.05, 0.1) is 35.6 Å². The number of ether oxygens (including phenoxy) is 1. The van der Waals surface area contributed by atoms with Crippen molar-refractivity contribution in [3.8, 4) is 17.2 Å². The van der Waals surface area contributed by atoms with Gasteiger partial charge in [-0.25, -0.2) is 4.52 Å². The molecule has 6 rings (SSSR count). The van der Waals surface area contributed by atoms with E-state index < -0.39 is 8.32 Å². The van der Waals surface area contributed by atoms with E-state index in [1.54, 1.807) is 0 Å². The lowest BCUT2D eigenvalue weighted by Crippen LogP contribution is -2.46. The van der Waals surface area contributed by atoms with Crippen molar-refractivity contribution in [2.75, 3.05) is 6.61 Å². The van der Waals surface area contributed by atoms with E-state index in [1.807, 2.05) is 52.4 Å². The molecule has 0 unspecified atom stereocenters. The molecule has 4 aromatic rings. The smallest absolute Gasteiger partial charge is 0.259 e. The van der Waals surface area contributed by atoms with Crippen LogP contribution in [0.1, 0.15) is 107 Å². The summed E-state index contributed by atoms with van der Waals surface area (Å²) in [6, 6.07) is 18.2. The van der Waals surface area contributed by atoms with Crippen LogP contribution in [0.25, 0.3) is 16.9 Å². The van der Waals surface area contributed by atoms with Crippen molar-refractivity contribution in [3.63, 3.8) is 0 Å². The number of rotatable bonds is 11. The maximum Gasteiger partial charge on any atom is 0.259 e. The minimum Gasteiger partial charge on any atom is -0.409 e. The fraction of sp³-hybridized carbons (Fsp3) is 0.538. The van der Waals surface area contributed by atoms with E-state index in [4.69, 9.17) is 19.2 Å². The summed E-state index contributed by atoms with van der Waals surface area (Å²) in [5.74, 6) is 1.32. The van der Waals surface area contributed by atoms with Gasteiger partial charge < -0.3 is 9.16 Å². The molecule has 0 atom stereocenters. The van der Waals surface area contributed by atoms with Crippen LogP contribution in [-0.2, 0) is 22.0 Å². The number of hydrogen-bond acceptors (Lipinski definition) is 6. The van der Waals surface area contributed by atoms with Crippen molar-refractivity contribution in [2.24, 2.45) is 0 Å². The average Bonchev–Trinajstić information content (AvgIpc) is 3.71. The van der Waals surface area contributed by atoms with Crippen LogP contribution in [0.2, 0.25) is 18.1 Å². The minimum absolute atomic E-state index is 0.0427. The first-order valence-electron chi connectivity index (χ1n) is 17.7. The van der Waals surface area contributed by atoms with Crippen molar-refractivity contribution in [3.05, 3.63) is 87.1 Å². The quantitative estimate of drug-likeness (QED) is 0.150. The Bertz CT molecular complexity index is 1870. The summed E-state index contributed by atoms with van der Waals surface area (Å²) < 4.78 is 17.2. The van der Waals surface area contributed by atoms with E-state index in [0.717, 1.165) is 79.3 Å². The first-order chi connectivity index (χ1) is 22.8. The molecular formula is C39H51N5O3Si. The zero-order valence-corrected chi connectivity index (χ0v) is 30.8. The lowest BCUT2D eigenvalue weighted by Gasteiger charge is -2.40. The maximum absolute atomic E-state index is 14.5. The molecule has 48 heavy (non-hydrogen) atoms. The minimum atomic E-state index is -1.86. The number of aryl methyl sites for hydroxylation is 2. The van der Waals surface area contributed by atoms with Gasteiger partial charge >= 0.3 is 0 Å². The molecule has 2 fully saturated rings. The molecule has 0 spiro atoms. The van der Waals surface area contributed by atoms with Gasteiger partial charge in [-0.05, 0) is 92.8 Å². The van der Waals surface area contributed by atoms with Crippen LogP contribution in [-0.4, -0.2) is 45.8 Å². The van der Waals surface area contributed by atoms with Crippen molar-refractivity contribution in [2.45, 2.75) is 128 Å². The molecular weight excluding hydrogens is 615 g/mol. The van der Waals surface area contributed by atoms with Crippen molar-refractivity contribution in [1.82, 2.24) is 19.2 Å². The van der Waals surface area contributed by atoms with Gasteiger partial charge in [0.15, 0.2) is 8.32 Å². The molecule has 0 saturated heterocycles. The summed E-state index contributed by atoms with van der Waals surface area (Å²) in [7, 11) is -1.86. The molecule has 2 saturated carbocycles. The third-order valence-corrected chi connectivity index (χ3v) is 15.4. The van der Waals surface area contributed by atoms with E-state index >= 15 is 0 Å². The van der Waals surface area contributed by atoms with Gasteiger partial charge in [-0.15, -0.1) is 0 Å². The lowest BCUT2D eigenvalue weighted by molar-refractivity contribution is -0.0342. The van der Waals surface area contributed by atoms with Gasteiger partial charge in [-0.3, -0.25) is 9.36 Å². The van der Waals surface area contributed by atoms with Gasteiger partial charge in [-0.1, -0.05) is 76.6 Å². The molecule has 2 aromatic heterocycles. The second kappa shape index (κ2) is 13.4. The molecule has 2 aliphatic rings. The molecule has 0 radical (unpaired) electrons. The summed E-state index contributed by atoms with van der Waals surface area (Å²) in [4.78, 5) is 19.3. The van der Waals surface area contributed by atoms with Crippen LogP contribution in [0.15, 0.2) is 53.3 Å². The summed E-state index contributed by atoms with van der Waals surface area (Å²) in [5, 5.41) is 14.6. The lowest BCUT2D eigenvalue weighted by atomic mass is 9.92. The second-order valence-corrected chi connectivity index (χ2v) is 20.3. The highest BCUT2D eigenvalue weighted by molar-refractivity contribution is 6.74. The molecule has 2 aromatic carbocycles. The van der Waals surface area contributed by atoms with E-state index in [1.165, 1.54) is 0 Å². The van der Waals surface area contributed by atoms with Crippen LogP contribution >= 0.6 is 0 Å². The van der Waals surface area contributed by atoms with Gasteiger partial charge in [0.1, 0.15) is 5.82 Å². The zero-order chi connectivity index (χ0) is 34.3. The first kappa shape index (κ1) is 34.3. The Labute approximate surface area is 286 Å². The summed E-state index contributed by atoms with van der Waals surface area (Å²) in [5.41, 5.74) is 5.27. The number of hydrogen-bond donors (Lipinski definition) is 0. The highest BCUT2D eigenvalue weighted by atomic mass is 28.4. The van der Waals surface area contributed by atoms with Crippen LogP contribution in [0.4, 0.5) is 0 Å².